The van der Waals surface area contributed by atoms with Crippen LogP contribution in [0, 0.1) is 15.9 Å². The molecule has 16 rings (SSSR count). The van der Waals surface area contributed by atoms with Crippen LogP contribution in [0.2, 0.25) is 0 Å². The number of ether oxygens (including phenoxy) is 4. The van der Waals surface area contributed by atoms with Gasteiger partial charge in [-0.3, -0.25) is 77.2 Å². The first kappa shape index (κ1) is 112. The molecule has 37 nitrogen and oxygen atoms in total. The number of hydrogen-bond donors (Lipinski definition) is 9. The lowest BCUT2D eigenvalue weighted by molar-refractivity contribution is -0.385. The molecule has 2 saturated heterocycles. The summed E-state index contributed by atoms with van der Waals surface area (Å²) in [5, 5.41) is 83.0. The molecule has 764 valence electrons. The average Bonchev–Trinajstić information content (AvgIpc) is 1.00. The highest BCUT2D eigenvalue weighted by molar-refractivity contribution is 9.10. The number of aldehydes is 7. The summed E-state index contributed by atoms with van der Waals surface area (Å²) in [5.41, 5.74) is 12.4. The first-order valence-corrected chi connectivity index (χ1v) is 46.4. The number of carbonyl (C=O) groups excluding carboxylic acids is 11. The van der Waals surface area contributed by atoms with Crippen LogP contribution < -0.4 is 41.2 Å². The highest BCUT2D eigenvalue weighted by atomic mass is 79.9. The van der Waals surface area contributed by atoms with Crippen LogP contribution in [-0.4, -0.2) is 242 Å². The minimum Gasteiger partial charge on any atom is -0.506 e. The normalized spacial score (nSPS) is 11.9. The summed E-state index contributed by atoms with van der Waals surface area (Å²) in [4.78, 5) is 177. The van der Waals surface area contributed by atoms with Gasteiger partial charge in [0.15, 0.2) is 102 Å². The van der Waals surface area contributed by atoms with Gasteiger partial charge >= 0.3 is 11.4 Å². The van der Waals surface area contributed by atoms with E-state index in [1.165, 1.54) is 95.8 Å². The number of hydrogen-bond acceptors (Lipinski definition) is 31. The van der Waals surface area contributed by atoms with Crippen molar-refractivity contribution >= 4 is 101 Å². The van der Waals surface area contributed by atoms with Gasteiger partial charge in [-0.1, -0.05) is 79.7 Å². The molecule has 0 radical (unpaired) electrons. The summed E-state index contributed by atoms with van der Waals surface area (Å²) in [6.07, 6.45) is 9.14. The molecular weight excluding hydrogens is 2000 g/mol. The van der Waals surface area contributed by atoms with Gasteiger partial charge in [-0.2, -0.15) is 0 Å². The quantitative estimate of drug-likeness (QED) is 0.0146. The van der Waals surface area contributed by atoms with Gasteiger partial charge in [0.25, 0.3) is 29.2 Å². The molecule has 0 aliphatic carbocycles. The van der Waals surface area contributed by atoms with E-state index in [0.717, 1.165) is 75.4 Å². The zero-order chi connectivity index (χ0) is 108. The van der Waals surface area contributed by atoms with Crippen molar-refractivity contribution in [2.45, 2.75) is 19.9 Å². The first-order valence-electron chi connectivity index (χ1n) is 44.8. The second kappa shape index (κ2) is 52.8. The second-order valence-corrected chi connectivity index (χ2v) is 34.7. The molecule has 2 aliphatic heterocycles. The Hall–Kier alpha value is -18.0. The van der Waals surface area contributed by atoms with E-state index < -0.39 is 50.8 Å². The van der Waals surface area contributed by atoms with Gasteiger partial charge in [0.1, 0.15) is 5.75 Å². The number of thiazole rings is 1. The van der Waals surface area contributed by atoms with Crippen LogP contribution >= 0.6 is 27.3 Å². The number of phenols is 7. The molecule has 0 bridgehead atoms. The number of piperazine rings is 2. The van der Waals surface area contributed by atoms with Crippen LogP contribution in [0.4, 0.5) is 10.1 Å². The fraction of sp³-hybridized carbons (Fsp3) is 0.176. The molecule has 5 heterocycles. The van der Waals surface area contributed by atoms with E-state index in [0.29, 0.717) is 143 Å². The zero-order valence-electron chi connectivity index (χ0n) is 81.1. The number of rotatable bonds is 25. The molecule has 3 aromatic heterocycles. The summed E-state index contributed by atoms with van der Waals surface area (Å²) in [5.74, 6) is -3.66. The Labute approximate surface area is 858 Å². The molecule has 10 N–H and O–H groups in total. The zero-order valence-corrected chi connectivity index (χ0v) is 83.5. The number of nitro groups is 1. The van der Waals surface area contributed by atoms with E-state index >= 15 is 0 Å². The maximum atomic E-state index is 13.8. The number of phenolic OH excluding ortho intramolecular Hbond substituents is 6. The molecule has 0 atom stereocenters. The number of nitrogens with two attached hydrogens (primary N) is 1. The average molecular weight is 2100 g/mol. The maximum Gasteiger partial charge on any atom is 0.330 e. The Kier molecular flexibility index (Phi) is 40.0. The summed E-state index contributed by atoms with van der Waals surface area (Å²) < 4.78 is 36.6. The number of nitrogens with one attached hydrogen (secondary N) is 1. The molecule has 148 heavy (non-hydrogen) atoms. The number of methoxy groups -OCH3 is 4. The van der Waals surface area contributed by atoms with E-state index in [1.807, 2.05) is 75.6 Å². The molecule has 0 unspecified atom stereocenters. The van der Waals surface area contributed by atoms with Crippen molar-refractivity contribution in [3.63, 3.8) is 0 Å². The Bertz CT molecular complexity index is 7420. The van der Waals surface area contributed by atoms with Crippen LogP contribution in [-0.2, 0) is 27.1 Å². The molecular formula is C108H101BrFN11O26S. The minimum absolute atomic E-state index is 0.000237. The topological polar surface area (TPSA) is 530 Å². The van der Waals surface area contributed by atoms with Crippen LogP contribution in [0.1, 0.15) is 131 Å². The molecule has 4 amide bonds. The summed E-state index contributed by atoms with van der Waals surface area (Å²) in [6.45, 7) is 8.36. The van der Waals surface area contributed by atoms with Gasteiger partial charge < -0.3 is 89.9 Å². The number of carbonyl (C=O) groups is 11. The van der Waals surface area contributed by atoms with Crippen molar-refractivity contribution in [2.75, 3.05) is 94.9 Å². The minimum atomic E-state index is -0.865. The highest BCUT2D eigenvalue weighted by Crippen LogP contribution is 2.42. The largest absolute Gasteiger partial charge is 0.506 e. The van der Waals surface area contributed by atoms with Gasteiger partial charge in [-0.15, -0.1) is 11.3 Å². The molecule has 11 aromatic carbocycles. The fourth-order valence-electron chi connectivity index (χ4n) is 14.8. The molecule has 2 aliphatic rings. The number of nitro benzene ring substituents is 1. The number of benzene rings is 11. The molecule has 0 spiro atoms. The number of pyridine rings is 1. The number of amides is 4. The van der Waals surface area contributed by atoms with E-state index in [1.54, 1.807) is 137 Å². The van der Waals surface area contributed by atoms with Gasteiger partial charge in [-0.25, -0.2) is 14.2 Å². The predicted octanol–water partition coefficient (Wildman–Crippen LogP) is 14.9. The number of aromatic hydroxyl groups is 7. The number of nitrogens with zero attached hydrogens (tertiary/aromatic N) is 9. The van der Waals surface area contributed by atoms with Gasteiger partial charge in [0.2, 0.25) is 5.75 Å². The Morgan fingerprint density at radius 1 is 0.473 bits per heavy atom. The lowest BCUT2D eigenvalue weighted by Crippen LogP contribution is -2.47. The summed E-state index contributed by atoms with van der Waals surface area (Å²) in [6, 6.07) is 56.3. The monoisotopic (exact) mass is 2100 g/mol. The number of primary amides is 1. The van der Waals surface area contributed by atoms with E-state index in [-0.39, 0.29) is 108 Å². The smallest absolute Gasteiger partial charge is 0.330 e. The van der Waals surface area contributed by atoms with Crippen LogP contribution in [0.3, 0.4) is 0 Å². The van der Waals surface area contributed by atoms with Crippen molar-refractivity contribution < 1.29 is 117 Å². The lowest BCUT2D eigenvalue weighted by Gasteiger charge is -2.32. The van der Waals surface area contributed by atoms with Crippen LogP contribution in [0.5, 0.6) is 63.2 Å². The van der Waals surface area contributed by atoms with Crippen molar-refractivity contribution in [1.29, 1.82) is 0 Å². The van der Waals surface area contributed by atoms with Gasteiger partial charge in [0.05, 0.1) is 99.0 Å². The van der Waals surface area contributed by atoms with Crippen molar-refractivity contribution in [2.24, 2.45) is 19.8 Å². The number of halogens is 2. The molecule has 14 aromatic rings. The Morgan fingerprint density at radius 2 is 0.892 bits per heavy atom. The SMILES string of the molecule is CCc1ncc(-c2cc(C=O)c(O)c(OC)c2)s1.CN1CCN(C(=O)c2cccc(-c3cc(C=O)c(O)c([N+](=O)[O-])c3)c2)CC1.CN1CCN(C(=O)c2cccc(-c3cc(F)c(O)c(C=O)c3)c2)CC1.COc1cc(-c2cccc(C(=O)NCc3ccccc3)c2)cc(C=O)c1O.COc1cc(-c2ccccn2)cc(C=O)c1O.COc1cc(-c2cn(C)c(=O)n(C)c2=O)cc(C=O)c1O.NC(=O)c1ccc(Br)c(C=O)c1O. The number of aryl methyl sites for hydroxylation is 2. The predicted molar refractivity (Wildman–Crippen MR) is 554 cm³/mol. The highest BCUT2D eigenvalue weighted by Gasteiger charge is 2.27. The van der Waals surface area contributed by atoms with Crippen molar-refractivity contribution in [3.05, 3.63) is 338 Å². The second-order valence-electron chi connectivity index (χ2n) is 32.7. The number of likely N-dealkylation sites (N-methyl/N-ethyl adjacent to an activating group) is 2. The Balaban J connectivity index is 0.000000179. The fourth-order valence-corrected chi connectivity index (χ4v) is 16.1. The third-order valence-corrected chi connectivity index (χ3v) is 25.0. The van der Waals surface area contributed by atoms with Crippen LogP contribution in [0.15, 0.2) is 239 Å². The third-order valence-electron chi connectivity index (χ3n) is 23.1. The summed E-state index contributed by atoms with van der Waals surface area (Å²) >= 11 is 4.61. The first-order chi connectivity index (χ1) is 70.9. The van der Waals surface area contributed by atoms with Gasteiger partial charge in [-0.05, 0) is 214 Å². The third kappa shape index (κ3) is 28.1. The Morgan fingerprint density at radius 3 is 1.34 bits per heavy atom. The summed E-state index contributed by atoms with van der Waals surface area (Å²) in [7, 11) is 12.6. The molecule has 40 heteroatoms. The maximum absolute atomic E-state index is 13.8. The van der Waals surface area contributed by atoms with E-state index in [2.05, 4.69) is 41.0 Å². The van der Waals surface area contributed by atoms with Gasteiger partial charge in [0, 0.05) is 124 Å². The molecule has 0 saturated carbocycles. The van der Waals surface area contributed by atoms with E-state index in [4.69, 9.17) is 24.7 Å². The van der Waals surface area contributed by atoms with Crippen molar-refractivity contribution in [1.82, 2.24) is 44.0 Å². The molecule has 2 fully saturated rings. The van der Waals surface area contributed by atoms with Crippen molar-refractivity contribution in [3.8, 4) is 129 Å². The van der Waals surface area contributed by atoms with E-state index in [9.17, 15) is 113 Å². The van der Waals surface area contributed by atoms with Crippen LogP contribution in [0.25, 0.3) is 66.2 Å². The lowest BCUT2D eigenvalue weighted by atomic mass is 9.99. The standard InChI is InChI=1S/C22H19NO4.C19H19FN2O3.C19H19N3O5.C14H14N2O5.C13H13NO3S.C13H11NO3.C8H6BrNO3/c1-27-20-12-18(11-19(14-24)21(20)25)16-8-5-9-17(10-16)22(26)23-13-15-6-3-2-4-7-15;1-21-5-7-22(8-6-21)19(25)14-4-2-3-13(9-14)15-10-16(12-23)18(24)17(20)11-15;1-20-5-7-21(8-6-20)19(25)14-4-2-3-13(9-14)15-10-16(12-23)18(24)17(11-15)22(26)27;1-15-6-10(13(19)16(2)14(15)20)8-4-9(7-17)12(18)11(5-8)21-3;1-3-12-14-6-11(18-12)8-4-9(7-15)13(16)10(5-8)17-2;1-17-12-7-9(6-10(8-15)13(12)16)11-4-2-3-5-14-11;9-6-2-1-4(8(10)13)7(12)5(6)3-11/h2-12,14,25H,13H2,1H3,(H,23,26);2-4,9-12,24H,5-8H2,1H3;2-4,9-12,24H,5-8H2,1H3;4-7,18H,1-3H3;4-7,16H,3H2,1-2H3;2-8,16H,1H3;1-3,12H,(H2,10,13). The number of aromatic nitrogens is 4.